The smallest absolute Gasteiger partial charge is 0.226 e. The van der Waals surface area contributed by atoms with E-state index in [0.29, 0.717) is 25.6 Å². The van der Waals surface area contributed by atoms with Gasteiger partial charge >= 0.3 is 0 Å². The summed E-state index contributed by atoms with van der Waals surface area (Å²) in [7, 11) is 3.91. The first-order valence-electron chi connectivity index (χ1n) is 10.5. The molecule has 1 aliphatic carbocycles. The molecule has 1 fully saturated rings. The standard InChI is InChI=1S/C21H28N6O2/c1-26(2)20-22-12-15-5-10-29-21(18(15)25-20)6-8-27(9-7-21)19(28)14-3-4-16-17(11-14)24-13-23-16/h12-14H,3-11H2,1-2H3,(H,23,24). The second kappa shape index (κ2) is 7.09. The van der Waals surface area contributed by atoms with Crippen molar-refractivity contribution in [3.05, 3.63) is 35.2 Å². The number of amides is 1. The van der Waals surface area contributed by atoms with Crippen LogP contribution in [0.4, 0.5) is 5.95 Å². The van der Waals surface area contributed by atoms with Crippen molar-refractivity contribution < 1.29 is 9.53 Å². The van der Waals surface area contributed by atoms with Gasteiger partial charge in [0.1, 0.15) is 5.60 Å². The summed E-state index contributed by atoms with van der Waals surface area (Å²) in [5, 5.41) is 0. The van der Waals surface area contributed by atoms with Gasteiger partial charge in [-0.15, -0.1) is 0 Å². The average molecular weight is 396 g/mol. The molecule has 5 rings (SSSR count). The number of likely N-dealkylation sites (tertiary alicyclic amines) is 1. The minimum Gasteiger partial charge on any atom is -0.368 e. The van der Waals surface area contributed by atoms with Crippen molar-refractivity contribution in [3.8, 4) is 0 Å². The minimum absolute atomic E-state index is 0.0548. The molecule has 1 spiro atoms. The molecule has 1 unspecified atom stereocenters. The van der Waals surface area contributed by atoms with Gasteiger partial charge in [0.15, 0.2) is 0 Å². The Hall–Kier alpha value is -2.48. The second-order valence-corrected chi connectivity index (χ2v) is 8.62. The van der Waals surface area contributed by atoms with Crippen molar-refractivity contribution in [2.75, 3.05) is 38.7 Å². The van der Waals surface area contributed by atoms with Crippen LogP contribution in [0.1, 0.15) is 41.9 Å². The number of aryl methyl sites for hydroxylation is 1. The molecule has 0 bridgehead atoms. The highest BCUT2D eigenvalue weighted by Gasteiger charge is 2.44. The molecule has 8 heteroatoms. The zero-order chi connectivity index (χ0) is 20.0. The number of fused-ring (bicyclic) bond motifs is 3. The highest BCUT2D eigenvalue weighted by molar-refractivity contribution is 5.79. The zero-order valence-corrected chi connectivity index (χ0v) is 17.1. The molecule has 0 saturated carbocycles. The molecule has 8 nitrogen and oxygen atoms in total. The van der Waals surface area contributed by atoms with E-state index in [-0.39, 0.29) is 17.4 Å². The van der Waals surface area contributed by atoms with Crippen molar-refractivity contribution in [2.24, 2.45) is 5.92 Å². The van der Waals surface area contributed by atoms with E-state index in [0.717, 1.165) is 55.6 Å². The van der Waals surface area contributed by atoms with Gasteiger partial charge in [-0.1, -0.05) is 0 Å². The number of ether oxygens (including phenoxy) is 1. The van der Waals surface area contributed by atoms with Crippen molar-refractivity contribution in [2.45, 2.75) is 44.1 Å². The highest BCUT2D eigenvalue weighted by Crippen LogP contribution is 2.41. The minimum atomic E-state index is -0.388. The van der Waals surface area contributed by atoms with Crippen molar-refractivity contribution in [3.63, 3.8) is 0 Å². The number of nitrogens with one attached hydrogen (secondary N) is 1. The largest absolute Gasteiger partial charge is 0.368 e. The van der Waals surface area contributed by atoms with Crippen LogP contribution in [0.15, 0.2) is 12.5 Å². The molecule has 2 aromatic heterocycles. The van der Waals surface area contributed by atoms with Crippen LogP contribution in [0, 0.1) is 5.92 Å². The molecule has 2 aromatic rings. The molecule has 1 saturated heterocycles. The van der Waals surface area contributed by atoms with Gasteiger partial charge in [0.05, 0.1) is 24.3 Å². The van der Waals surface area contributed by atoms with E-state index in [4.69, 9.17) is 9.72 Å². The van der Waals surface area contributed by atoms with Crippen LogP contribution in [0.5, 0.6) is 0 Å². The molecule has 2 aliphatic heterocycles. The molecule has 0 aromatic carbocycles. The van der Waals surface area contributed by atoms with Crippen LogP contribution in [0.25, 0.3) is 0 Å². The summed E-state index contributed by atoms with van der Waals surface area (Å²) in [4.78, 5) is 34.0. The summed E-state index contributed by atoms with van der Waals surface area (Å²) < 4.78 is 6.32. The third-order valence-corrected chi connectivity index (χ3v) is 6.65. The number of nitrogens with zero attached hydrogens (tertiary/aromatic N) is 5. The maximum absolute atomic E-state index is 13.2. The van der Waals surface area contributed by atoms with Crippen LogP contribution in [0.2, 0.25) is 0 Å². The third-order valence-electron chi connectivity index (χ3n) is 6.65. The number of rotatable bonds is 2. The molecule has 3 aliphatic rings. The summed E-state index contributed by atoms with van der Waals surface area (Å²) in [5.74, 6) is 1.04. The van der Waals surface area contributed by atoms with E-state index >= 15 is 0 Å². The summed E-state index contributed by atoms with van der Waals surface area (Å²) in [6.45, 7) is 2.12. The predicted octanol–water partition coefficient (Wildman–Crippen LogP) is 1.46. The number of carbonyl (C=O) groups excluding carboxylic acids is 1. The summed E-state index contributed by atoms with van der Waals surface area (Å²) in [6.07, 6.45) is 8.66. The van der Waals surface area contributed by atoms with E-state index in [2.05, 4.69) is 15.0 Å². The second-order valence-electron chi connectivity index (χ2n) is 8.62. The highest BCUT2D eigenvalue weighted by atomic mass is 16.5. The Bertz CT molecular complexity index is 916. The normalized spacial score (nSPS) is 22.8. The van der Waals surface area contributed by atoms with Gasteiger partial charge in [0, 0.05) is 51.4 Å². The number of H-pyrrole nitrogens is 1. The number of anilines is 1. The van der Waals surface area contributed by atoms with Gasteiger partial charge in [0.2, 0.25) is 11.9 Å². The first-order chi connectivity index (χ1) is 14.1. The average Bonchev–Trinajstić information content (AvgIpc) is 3.22. The maximum Gasteiger partial charge on any atom is 0.226 e. The summed E-state index contributed by atoms with van der Waals surface area (Å²) in [5.41, 5.74) is 4.06. The molecule has 29 heavy (non-hydrogen) atoms. The van der Waals surface area contributed by atoms with Crippen LogP contribution >= 0.6 is 0 Å². The monoisotopic (exact) mass is 396 g/mol. The Kier molecular flexibility index (Phi) is 4.53. The van der Waals surface area contributed by atoms with E-state index < -0.39 is 0 Å². The fraction of sp³-hybridized carbons (Fsp3) is 0.619. The summed E-state index contributed by atoms with van der Waals surface area (Å²) >= 11 is 0. The lowest BCUT2D eigenvalue weighted by Crippen LogP contribution is -2.50. The topological polar surface area (TPSA) is 87.2 Å². The van der Waals surface area contributed by atoms with Gasteiger partial charge in [-0.25, -0.2) is 15.0 Å². The fourth-order valence-electron chi connectivity index (χ4n) is 4.95. The lowest BCUT2D eigenvalue weighted by atomic mass is 9.82. The quantitative estimate of drug-likeness (QED) is 0.827. The first-order valence-corrected chi connectivity index (χ1v) is 10.5. The molecule has 1 atom stereocenters. The van der Waals surface area contributed by atoms with Crippen LogP contribution < -0.4 is 4.90 Å². The Morgan fingerprint density at radius 1 is 1.28 bits per heavy atom. The predicted molar refractivity (Wildman–Crippen MR) is 108 cm³/mol. The van der Waals surface area contributed by atoms with Gasteiger partial charge in [-0.05, 0) is 37.7 Å². The Morgan fingerprint density at radius 2 is 2.10 bits per heavy atom. The molecule has 1 N–H and O–H groups in total. The van der Waals surface area contributed by atoms with Gasteiger partial charge in [-0.2, -0.15) is 0 Å². The number of aromatic nitrogens is 4. The number of hydrogen-bond donors (Lipinski definition) is 1. The van der Waals surface area contributed by atoms with Crippen LogP contribution in [-0.2, 0) is 34.4 Å². The fourth-order valence-corrected chi connectivity index (χ4v) is 4.95. The van der Waals surface area contributed by atoms with Crippen molar-refractivity contribution >= 4 is 11.9 Å². The third kappa shape index (κ3) is 3.19. The zero-order valence-electron chi connectivity index (χ0n) is 17.1. The van der Waals surface area contributed by atoms with Crippen molar-refractivity contribution in [1.29, 1.82) is 0 Å². The molecule has 154 valence electrons. The molecule has 4 heterocycles. The number of aromatic amines is 1. The molecular formula is C21H28N6O2. The Balaban J connectivity index is 1.31. The number of carbonyl (C=O) groups is 1. The molecule has 1 amide bonds. The Morgan fingerprint density at radius 3 is 2.90 bits per heavy atom. The van der Waals surface area contributed by atoms with Crippen LogP contribution in [-0.4, -0.2) is 64.5 Å². The SMILES string of the molecule is CN(C)c1ncc2c(n1)C1(CCN(C(=O)C3CCc4nc[nH]c4C3)CC1)OCC2. The van der Waals surface area contributed by atoms with Gasteiger partial charge < -0.3 is 19.5 Å². The maximum atomic E-state index is 13.2. The van der Waals surface area contributed by atoms with Crippen LogP contribution in [0.3, 0.4) is 0 Å². The lowest BCUT2D eigenvalue weighted by molar-refractivity contribution is -0.145. The number of piperidine rings is 1. The van der Waals surface area contributed by atoms with E-state index in [9.17, 15) is 4.79 Å². The Labute approximate surface area is 170 Å². The van der Waals surface area contributed by atoms with Gasteiger partial charge in [-0.3, -0.25) is 4.79 Å². The molecular weight excluding hydrogens is 368 g/mol. The first kappa shape index (κ1) is 18.5. The van der Waals surface area contributed by atoms with Crippen molar-refractivity contribution in [1.82, 2.24) is 24.8 Å². The summed E-state index contributed by atoms with van der Waals surface area (Å²) in [6, 6.07) is 0. The van der Waals surface area contributed by atoms with Gasteiger partial charge in [0.25, 0.3) is 0 Å². The molecule has 0 radical (unpaired) electrons. The number of hydrogen-bond acceptors (Lipinski definition) is 6. The number of imidazole rings is 1. The van der Waals surface area contributed by atoms with E-state index in [1.807, 2.05) is 30.1 Å². The van der Waals surface area contributed by atoms with E-state index in [1.54, 1.807) is 6.33 Å². The van der Waals surface area contributed by atoms with E-state index in [1.165, 1.54) is 5.56 Å². The lowest BCUT2D eigenvalue weighted by Gasteiger charge is -2.44.